The van der Waals surface area contributed by atoms with Gasteiger partial charge in [-0.1, -0.05) is 53.7 Å². The molecule has 0 heterocycles. The number of carbonyl (C=O) groups excluding carboxylic acids is 1. The number of esters is 1. The Hall–Kier alpha value is -2.62. The van der Waals surface area contributed by atoms with Crippen molar-refractivity contribution in [3.63, 3.8) is 0 Å². The van der Waals surface area contributed by atoms with Gasteiger partial charge >= 0.3 is 5.97 Å². The topological polar surface area (TPSA) is 47.9 Å². The van der Waals surface area contributed by atoms with Crippen LogP contribution in [0, 0.1) is 0 Å². The van der Waals surface area contributed by atoms with Crippen molar-refractivity contribution in [3.05, 3.63) is 70.8 Å². The number of benzene rings is 2. The van der Waals surface area contributed by atoms with Gasteiger partial charge in [0, 0.05) is 11.1 Å². The van der Waals surface area contributed by atoms with E-state index in [9.17, 15) is 4.79 Å². The molecule has 0 atom stereocenters. The minimum absolute atomic E-state index is 0.190. The third-order valence-corrected chi connectivity index (χ3v) is 3.77. The zero-order chi connectivity index (χ0) is 15.4. The first-order chi connectivity index (χ1) is 10.8. The quantitative estimate of drug-likeness (QED) is 0.646. The van der Waals surface area contributed by atoms with Gasteiger partial charge in [0.2, 0.25) is 6.61 Å². The van der Waals surface area contributed by atoms with Crippen LogP contribution >= 0.6 is 0 Å². The number of ether oxygens (including phenoxy) is 1. The molecule has 0 spiro atoms. The number of carbonyl (C=O) groups is 1. The summed E-state index contributed by atoms with van der Waals surface area (Å²) in [5.74, 6) is -0.445. The van der Waals surface area contributed by atoms with E-state index < -0.39 is 5.97 Å². The molecule has 0 fully saturated rings. The molecule has 2 aromatic carbocycles. The highest BCUT2D eigenvalue weighted by Gasteiger charge is 2.19. The number of oxime groups is 1. The summed E-state index contributed by atoms with van der Waals surface area (Å²) in [5, 5.41) is 4.23. The lowest BCUT2D eigenvalue weighted by atomic mass is 9.98. The molecule has 0 unspecified atom stereocenters. The van der Waals surface area contributed by atoms with E-state index in [4.69, 9.17) is 4.84 Å². The molecular weight excluding hydrogens is 278 g/mol. The molecule has 0 bridgehead atoms. The van der Waals surface area contributed by atoms with Crippen molar-refractivity contribution >= 4 is 11.7 Å². The van der Waals surface area contributed by atoms with Gasteiger partial charge in [-0.25, -0.2) is 4.79 Å². The molecule has 4 heteroatoms. The minimum Gasteiger partial charge on any atom is -0.466 e. The predicted octanol–water partition coefficient (Wildman–Crippen LogP) is 2.73. The summed E-state index contributed by atoms with van der Waals surface area (Å²) in [4.78, 5) is 16.4. The Kier molecular flexibility index (Phi) is 4.19. The summed E-state index contributed by atoms with van der Waals surface area (Å²) >= 11 is 0. The van der Waals surface area contributed by atoms with Crippen molar-refractivity contribution in [3.8, 4) is 0 Å². The number of nitrogens with zero attached hydrogens (tertiary/aromatic N) is 1. The Morgan fingerprint density at radius 3 is 2.09 bits per heavy atom. The van der Waals surface area contributed by atoms with Crippen molar-refractivity contribution in [2.24, 2.45) is 5.16 Å². The van der Waals surface area contributed by atoms with Crippen LogP contribution in [0.3, 0.4) is 0 Å². The van der Waals surface area contributed by atoms with Crippen LogP contribution in [-0.2, 0) is 27.2 Å². The molecule has 2 aromatic rings. The highest BCUT2D eigenvalue weighted by molar-refractivity contribution is 6.14. The minimum atomic E-state index is -0.445. The first-order valence-corrected chi connectivity index (χ1v) is 7.23. The largest absolute Gasteiger partial charge is 0.466 e. The van der Waals surface area contributed by atoms with Crippen LogP contribution in [0.4, 0.5) is 0 Å². The zero-order valence-electron chi connectivity index (χ0n) is 12.4. The number of rotatable bonds is 3. The van der Waals surface area contributed by atoms with E-state index in [1.165, 1.54) is 18.2 Å². The number of hydrogen-bond donors (Lipinski definition) is 0. The molecule has 0 N–H and O–H groups in total. The average molecular weight is 295 g/mol. The number of hydrogen-bond acceptors (Lipinski definition) is 4. The molecular formula is C18H17NO3. The molecule has 0 saturated carbocycles. The maximum atomic E-state index is 11.2. The molecule has 4 nitrogen and oxygen atoms in total. The summed E-state index contributed by atoms with van der Waals surface area (Å²) in [6.45, 7) is -0.190. The van der Waals surface area contributed by atoms with Gasteiger partial charge in [-0.15, -0.1) is 0 Å². The Labute approximate surface area is 129 Å². The molecule has 112 valence electrons. The van der Waals surface area contributed by atoms with Crippen molar-refractivity contribution < 1.29 is 14.4 Å². The fourth-order valence-electron chi connectivity index (χ4n) is 2.66. The Bertz CT molecular complexity index is 672. The Morgan fingerprint density at radius 1 is 1.00 bits per heavy atom. The maximum absolute atomic E-state index is 11.2. The van der Waals surface area contributed by atoms with E-state index in [-0.39, 0.29) is 6.61 Å². The number of aryl methyl sites for hydroxylation is 2. The smallest absolute Gasteiger partial charge is 0.346 e. The molecule has 0 aliphatic heterocycles. The summed E-state index contributed by atoms with van der Waals surface area (Å²) in [5.41, 5.74) is 5.35. The lowest BCUT2D eigenvalue weighted by molar-refractivity contribution is -0.145. The highest BCUT2D eigenvalue weighted by Crippen LogP contribution is 2.25. The van der Waals surface area contributed by atoms with Crippen LogP contribution < -0.4 is 0 Å². The van der Waals surface area contributed by atoms with E-state index in [1.54, 1.807) is 0 Å². The van der Waals surface area contributed by atoms with Crippen LogP contribution in [-0.4, -0.2) is 25.4 Å². The van der Waals surface area contributed by atoms with Crippen molar-refractivity contribution in [2.75, 3.05) is 13.7 Å². The lowest BCUT2D eigenvalue weighted by Crippen LogP contribution is -2.11. The summed E-state index contributed by atoms with van der Waals surface area (Å²) in [6, 6.07) is 16.3. The molecule has 0 saturated heterocycles. The van der Waals surface area contributed by atoms with E-state index in [0.717, 1.165) is 29.7 Å². The van der Waals surface area contributed by atoms with Crippen LogP contribution in [0.1, 0.15) is 22.3 Å². The van der Waals surface area contributed by atoms with Gasteiger partial charge in [0.1, 0.15) is 5.71 Å². The third-order valence-electron chi connectivity index (χ3n) is 3.77. The standard InChI is InChI=1S/C18H17NO3/c1-21-17(20)12-22-19-18-15-8-4-2-6-13(15)10-11-14-7-3-5-9-16(14)18/h2-9H,10-12H2,1H3. The Morgan fingerprint density at radius 2 is 1.55 bits per heavy atom. The summed E-state index contributed by atoms with van der Waals surface area (Å²) in [6.07, 6.45) is 1.92. The van der Waals surface area contributed by atoms with Crippen LogP contribution in [0.15, 0.2) is 53.7 Å². The van der Waals surface area contributed by atoms with E-state index in [0.29, 0.717) is 0 Å². The molecule has 1 aliphatic carbocycles. The van der Waals surface area contributed by atoms with Gasteiger partial charge in [0.25, 0.3) is 0 Å². The van der Waals surface area contributed by atoms with E-state index in [2.05, 4.69) is 22.0 Å². The van der Waals surface area contributed by atoms with Crippen molar-refractivity contribution in [2.45, 2.75) is 12.8 Å². The molecule has 0 radical (unpaired) electrons. The van der Waals surface area contributed by atoms with Gasteiger partial charge in [-0.2, -0.15) is 0 Å². The lowest BCUT2D eigenvalue weighted by Gasteiger charge is -2.09. The Balaban J connectivity index is 2.02. The first kappa shape index (κ1) is 14.3. The molecule has 0 aromatic heterocycles. The zero-order valence-corrected chi connectivity index (χ0v) is 12.4. The van der Waals surface area contributed by atoms with E-state index >= 15 is 0 Å². The molecule has 0 amide bonds. The van der Waals surface area contributed by atoms with Gasteiger partial charge in [0.05, 0.1) is 7.11 Å². The molecule has 22 heavy (non-hydrogen) atoms. The second-order valence-corrected chi connectivity index (χ2v) is 5.10. The average Bonchev–Trinajstić information content (AvgIpc) is 2.72. The van der Waals surface area contributed by atoms with E-state index in [1.807, 2.05) is 36.4 Å². The van der Waals surface area contributed by atoms with Gasteiger partial charge in [0.15, 0.2) is 0 Å². The van der Waals surface area contributed by atoms with Crippen molar-refractivity contribution in [1.82, 2.24) is 0 Å². The fourth-order valence-corrected chi connectivity index (χ4v) is 2.66. The first-order valence-electron chi connectivity index (χ1n) is 7.23. The summed E-state index contributed by atoms with van der Waals surface area (Å²) < 4.78 is 4.57. The third kappa shape index (κ3) is 2.86. The SMILES string of the molecule is COC(=O)CON=C1c2ccccc2CCc2ccccc21. The van der Waals surface area contributed by atoms with Gasteiger partial charge in [-0.3, -0.25) is 0 Å². The van der Waals surface area contributed by atoms with Crippen LogP contribution in [0.2, 0.25) is 0 Å². The fraction of sp³-hybridized carbons (Fsp3) is 0.222. The second-order valence-electron chi connectivity index (χ2n) is 5.10. The maximum Gasteiger partial charge on any atom is 0.346 e. The van der Waals surface area contributed by atoms with Crippen LogP contribution in [0.5, 0.6) is 0 Å². The monoisotopic (exact) mass is 295 g/mol. The summed E-state index contributed by atoms with van der Waals surface area (Å²) in [7, 11) is 1.33. The normalized spacial score (nSPS) is 12.7. The molecule has 1 aliphatic rings. The number of fused-ring (bicyclic) bond motifs is 2. The van der Waals surface area contributed by atoms with Crippen molar-refractivity contribution in [1.29, 1.82) is 0 Å². The second kappa shape index (κ2) is 6.43. The van der Waals surface area contributed by atoms with Gasteiger partial charge < -0.3 is 9.57 Å². The van der Waals surface area contributed by atoms with Gasteiger partial charge in [-0.05, 0) is 24.0 Å². The molecule has 3 rings (SSSR count). The van der Waals surface area contributed by atoms with Crippen LogP contribution in [0.25, 0.3) is 0 Å². The number of methoxy groups -OCH3 is 1. The highest BCUT2D eigenvalue weighted by atomic mass is 16.6. The predicted molar refractivity (Wildman–Crippen MR) is 83.9 cm³/mol.